The van der Waals surface area contributed by atoms with Crippen LogP contribution in [0.3, 0.4) is 0 Å². The third kappa shape index (κ3) is 1.44. The van der Waals surface area contributed by atoms with Crippen LogP contribution in [0.5, 0.6) is 0 Å². The number of nitrogens with zero attached hydrogens (tertiary/aromatic N) is 4. The van der Waals surface area contributed by atoms with Gasteiger partial charge in [0.2, 0.25) is 0 Å². The average Bonchev–Trinajstić information content (AvgIpc) is 2.46. The van der Waals surface area contributed by atoms with Crippen molar-refractivity contribution in [2.24, 2.45) is 7.05 Å². The maximum absolute atomic E-state index is 12.1. The molecule has 5 heteroatoms. The number of hydrogen-bond donors (Lipinski definition) is 0. The van der Waals surface area contributed by atoms with Gasteiger partial charge in [-0.05, 0) is 20.8 Å². The Morgan fingerprint density at radius 2 is 1.80 bits per heavy atom. The zero-order chi connectivity index (χ0) is 11.2. The molecule has 0 spiro atoms. The maximum atomic E-state index is 12.1. The quantitative estimate of drug-likeness (QED) is 0.643. The number of hydrogen-bond acceptors (Lipinski definition) is 3. The van der Waals surface area contributed by atoms with Crippen LogP contribution >= 0.6 is 0 Å². The second-order valence-corrected chi connectivity index (χ2v) is 4.60. The molecule has 5 nitrogen and oxygen atoms in total. The zero-order valence-corrected chi connectivity index (χ0v) is 9.35. The molecule has 0 N–H and O–H groups in total. The fourth-order valence-corrected chi connectivity index (χ4v) is 1.56. The Bertz CT molecular complexity index is 559. The predicted molar refractivity (Wildman–Crippen MR) is 57.8 cm³/mol. The summed E-state index contributed by atoms with van der Waals surface area (Å²) in [5.74, 6) is 0. The highest BCUT2D eigenvalue weighted by atomic mass is 16.1. The van der Waals surface area contributed by atoms with Crippen molar-refractivity contribution in [3.63, 3.8) is 0 Å². The Morgan fingerprint density at radius 3 is 2.40 bits per heavy atom. The van der Waals surface area contributed by atoms with Gasteiger partial charge in [-0.25, -0.2) is 4.68 Å². The summed E-state index contributed by atoms with van der Waals surface area (Å²) in [5, 5.41) is 8.97. The van der Waals surface area contributed by atoms with Gasteiger partial charge in [0.25, 0.3) is 5.56 Å². The molecule has 2 rings (SSSR count). The topological polar surface area (TPSA) is 52.7 Å². The molecule has 0 unspecified atom stereocenters. The van der Waals surface area contributed by atoms with Crippen LogP contribution in [0, 0.1) is 0 Å². The van der Waals surface area contributed by atoms with Crippen LogP contribution in [0.1, 0.15) is 20.8 Å². The molecule has 0 aromatic carbocycles. The van der Waals surface area contributed by atoms with Crippen molar-refractivity contribution in [3.8, 4) is 0 Å². The standard InChI is InChI=1S/C10H14N4O/c1-10(2,3)14-9(15)8-7(6-12-14)5-11-13(8)4/h5-6H,1-4H3. The molecule has 15 heavy (non-hydrogen) atoms. The SMILES string of the molecule is Cn1ncc2cnn(C(C)(C)C)c(=O)c21. The van der Waals surface area contributed by atoms with Crippen molar-refractivity contribution in [3.05, 3.63) is 22.7 Å². The van der Waals surface area contributed by atoms with Crippen LogP contribution in [0.25, 0.3) is 10.9 Å². The second kappa shape index (κ2) is 2.92. The van der Waals surface area contributed by atoms with Gasteiger partial charge in [0, 0.05) is 12.4 Å². The molecule has 0 fully saturated rings. The molecule has 0 saturated heterocycles. The van der Waals surface area contributed by atoms with Crippen LogP contribution in [-0.4, -0.2) is 19.6 Å². The van der Waals surface area contributed by atoms with Gasteiger partial charge in [0.05, 0.1) is 17.9 Å². The third-order valence-electron chi connectivity index (χ3n) is 2.31. The number of fused-ring (bicyclic) bond motifs is 1. The summed E-state index contributed by atoms with van der Waals surface area (Å²) >= 11 is 0. The predicted octanol–water partition coefficient (Wildman–Crippen LogP) is 0.885. The highest BCUT2D eigenvalue weighted by Crippen LogP contribution is 2.11. The van der Waals surface area contributed by atoms with Gasteiger partial charge in [-0.3, -0.25) is 9.48 Å². The van der Waals surface area contributed by atoms with E-state index in [1.807, 2.05) is 20.8 Å². The van der Waals surface area contributed by atoms with Crippen LogP contribution in [-0.2, 0) is 12.6 Å². The molecule has 0 atom stereocenters. The molecule has 0 aliphatic heterocycles. The highest BCUT2D eigenvalue weighted by molar-refractivity contribution is 5.76. The highest BCUT2D eigenvalue weighted by Gasteiger charge is 2.18. The van der Waals surface area contributed by atoms with E-state index in [9.17, 15) is 4.79 Å². The van der Waals surface area contributed by atoms with Crippen molar-refractivity contribution < 1.29 is 0 Å². The maximum Gasteiger partial charge on any atom is 0.293 e. The Labute approximate surface area is 87.3 Å². The fraction of sp³-hybridized carbons (Fsp3) is 0.500. The van der Waals surface area contributed by atoms with E-state index in [0.29, 0.717) is 5.52 Å². The van der Waals surface area contributed by atoms with Crippen molar-refractivity contribution in [2.75, 3.05) is 0 Å². The fourth-order valence-electron chi connectivity index (χ4n) is 1.56. The summed E-state index contributed by atoms with van der Waals surface area (Å²) in [6.45, 7) is 5.84. The first-order valence-electron chi connectivity index (χ1n) is 4.82. The summed E-state index contributed by atoms with van der Waals surface area (Å²) < 4.78 is 3.07. The van der Waals surface area contributed by atoms with E-state index in [-0.39, 0.29) is 11.1 Å². The third-order valence-corrected chi connectivity index (χ3v) is 2.31. The van der Waals surface area contributed by atoms with Gasteiger partial charge >= 0.3 is 0 Å². The van der Waals surface area contributed by atoms with Crippen molar-refractivity contribution in [1.29, 1.82) is 0 Å². The molecular formula is C10H14N4O. The summed E-state index contributed by atoms with van der Waals surface area (Å²) in [5.41, 5.74) is 0.190. The molecule has 2 heterocycles. The lowest BCUT2D eigenvalue weighted by atomic mass is 10.1. The van der Waals surface area contributed by atoms with Crippen LogP contribution in [0.15, 0.2) is 17.2 Å². The molecule has 2 aromatic rings. The van der Waals surface area contributed by atoms with E-state index >= 15 is 0 Å². The minimum Gasteiger partial charge on any atom is -0.265 e. The van der Waals surface area contributed by atoms with Gasteiger partial charge in [0.15, 0.2) is 0 Å². The van der Waals surface area contributed by atoms with Gasteiger partial charge in [-0.15, -0.1) is 0 Å². The van der Waals surface area contributed by atoms with E-state index in [4.69, 9.17) is 0 Å². The summed E-state index contributed by atoms with van der Waals surface area (Å²) in [4.78, 5) is 12.1. The van der Waals surface area contributed by atoms with Crippen LogP contribution in [0.2, 0.25) is 0 Å². The van der Waals surface area contributed by atoms with Crippen molar-refractivity contribution in [2.45, 2.75) is 26.3 Å². The molecule has 0 aliphatic rings. The number of rotatable bonds is 0. The molecule has 0 amide bonds. The van der Waals surface area contributed by atoms with Gasteiger partial charge in [-0.2, -0.15) is 10.2 Å². The average molecular weight is 206 g/mol. The minimum absolute atomic E-state index is 0.0972. The zero-order valence-electron chi connectivity index (χ0n) is 9.35. The summed E-state index contributed by atoms with van der Waals surface area (Å²) in [7, 11) is 1.76. The molecule has 0 bridgehead atoms. The molecule has 0 saturated carbocycles. The first kappa shape index (κ1) is 9.89. The Balaban J connectivity index is 2.87. The molecule has 0 radical (unpaired) electrons. The normalized spacial score (nSPS) is 12.3. The van der Waals surface area contributed by atoms with E-state index in [1.54, 1.807) is 24.1 Å². The van der Waals surface area contributed by atoms with Crippen LogP contribution < -0.4 is 5.56 Å². The number of aryl methyl sites for hydroxylation is 1. The summed E-state index contributed by atoms with van der Waals surface area (Å²) in [6.07, 6.45) is 3.33. The lowest BCUT2D eigenvalue weighted by Gasteiger charge is -2.20. The van der Waals surface area contributed by atoms with E-state index in [0.717, 1.165) is 5.39 Å². The van der Waals surface area contributed by atoms with Crippen molar-refractivity contribution in [1.82, 2.24) is 19.6 Å². The van der Waals surface area contributed by atoms with Crippen LogP contribution in [0.4, 0.5) is 0 Å². The minimum atomic E-state index is -0.310. The molecular weight excluding hydrogens is 192 g/mol. The van der Waals surface area contributed by atoms with E-state index in [1.165, 1.54) is 4.68 Å². The monoisotopic (exact) mass is 206 g/mol. The molecule has 80 valence electrons. The molecule has 0 aliphatic carbocycles. The first-order valence-corrected chi connectivity index (χ1v) is 4.82. The Hall–Kier alpha value is -1.65. The smallest absolute Gasteiger partial charge is 0.265 e. The second-order valence-electron chi connectivity index (χ2n) is 4.60. The van der Waals surface area contributed by atoms with Gasteiger partial charge in [-0.1, -0.05) is 0 Å². The lowest BCUT2D eigenvalue weighted by molar-refractivity contribution is 0.340. The number of aromatic nitrogens is 4. The van der Waals surface area contributed by atoms with Gasteiger partial charge in [0.1, 0.15) is 5.52 Å². The van der Waals surface area contributed by atoms with Gasteiger partial charge < -0.3 is 0 Å². The largest absolute Gasteiger partial charge is 0.293 e. The van der Waals surface area contributed by atoms with E-state index in [2.05, 4.69) is 10.2 Å². The Morgan fingerprint density at radius 1 is 1.20 bits per heavy atom. The summed E-state index contributed by atoms with van der Waals surface area (Å²) in [6, 6.07) is 0. The van der Waals surface area contributed by atoms with E-state index < -0.39 is 0 Å². The van der Waals surface area contributed by atoms with Crippen molar-refractivity contribution >= 4 is 10.9 Å². The Kier molecular flexibility index (Phi) is 1.92. The first-order chi connectivity index (χ1) is 6.91. The molecule has 2 aromatic heterocycles. The lowest BCUT2D eigenvalue weighted by Crippen LogP contribution is -2.36.